The molecule has 0 atom stereocenters. The Morgan fingerprint density at radius 3 is 2.58 bits per heavy atom. The summed E-state index contributed by atoms with van der Waals surface area (Å²) in [4.78, 5) is 26.1. The summed E-state index contributed by atoms with van der Waals surface area (Å²) < 4.78 is 17.6. The first-order valence-corrected chi connectivity index (χ1v) is 12.8. The van der Waals surface area contributed by atoms with E-state index in [4.69, 9.17) is 19.9 Å². The van der Waals surface area contributed by atoms with E-state index in [1.165, 1.54) is 31.9 Å². The number of nitrogens with one attached hydrogen (secondary N) is 2. The zero-order valence-electron chi connectivity index (χ0n) is 20.2. The predicted octanol–water partition coefficient (Wildman–Crippen LogP) is 2.22. The van der Waals surface area contributed by atoms with Gasteiger partial charge in [0.1, 0.15) is 11.4 Å². The van der Waals surface area contributed by atoms with Gasteiger partial charge in [-0.1, -0.05) is 0 Å². The van der Waals surface area contributed by atoms with E-state index in [0.717, 1.165) is 31.7 Å². The van der Waals surface area contributed by atoms with Crippen molar-refractivity contribution >= 4 is 11.6 Å². The van der Waals surface area contributed by atoms with Gasteiger partial charge in [-0.15, -0.1) is 0 Å². The normalized spacial score (nSPS) is 21.3. The molecule has 3 heterocycles. The van der Waals surface area contributed by atoms with Crippen molar-refractivity contribution in [3.8, 4) is 5.75 Å². The third-order valence-corrected chi connectivity index (χ3v) is 7.01. The molecule has 4 aliphatic rings. The quantitative estimate of drug-likeness (QED) is 0.456. The van der Waals surface area contributed by atoms with Gasteiger partial charge in [0, 0.05) is 29.9 Å². The maximum Gasteiger partial charge on any atom is 0.253 e. The highest BCUT2D eigenvalue weighted by Gasteiger charge is 2.46. The minimum atomic E-state index is -0.295. The smallest absolute Gasteiger partial charge is 0.253 e. The van der Waals surface area contributed by atoms with E-state index in [0.29, 0.717) is 40.9 Å². The molecule has 4 N–H and O–H groups in total. The minimum absolute atomic E-state index is 0.128. The average molecular weight is 493 g/mol. The second-order valence-electron chi connectivity index (χ2n) is 10.3. The molecule has 1 spiro atoms. The number of hydrogen-bond acceptors (Lipinski definition) is 9. The van der Waals surface area contributed by atoms with Crippen LogP contribution in [0.1, 0.15) is 71.9 Å². The fourth-order valence-electron chi connectivity index (χ4n) is 4.11. The van der Waals surface area contributed by atoms with Gasteiger partial charge < -0.3 is 30.6 Å². The van der Waals surface area contributed by atoms with E-state index in [9.17, 15) is 4.79 Å². The summed E-state index contributed by atoms with van der Waals surface area (Å²) in [5.74, 6) is 0.787. The van der Waals surface area contributed by atoms with Gasteiger partial charge in [0.25, 0.3) is 5.91 Å². The van der Waals surface area contributed by atoms with Crippen LogP contribution < -0.4 is 21.1 Å². The van der Waals surface area contributed by atoms with Crippen LogP contribution in [0.15, 0.2) is 30.9 Å². The third-order valence-electron chi connectivity index (χ3n) is 7.01. The fraction of sp³-hybridized carbons (Fsp3) is 0.538. The Labute approximate surface area is 210 Å². The molecule has 1 saturated heterocycles. The van der Waals surface area contributed by atoms with Gasteiger partial charge in [-0.2, -0.15) is 0 Å². The summed E-state index contributed by atoms with van der Waals surface area (Å²) in [6.45, 7) is 2.28. The molecule has 10 heteroatoms. The van der Waals surface area contributed by atoms with E-state index in [2.05, 4.69) is 25.6 Å². The first kappa shape index (κ1) is 23.2. The molecule has 10 nitrogen and oxygen atoms in total. The van der Waals surface area contributed by atoms with E-state index in [1.807, 2.05) is 0 Å². The van der Waals surface area contributed by atoms with Crippen molar-refractivity contribution in [1.29, 1.82) is 0 Å². The SMILES string of the molecule is N/C(=C\NCC1OCC2(CC2)CO1)c1ncc(C(=O)NCc2cnc(C3CC3)cn2)cc1OC1CC1. The lowest BCUT2D eigenvalue weighted by molar-refractivity contribution is -0.203. The van der Waals surface area contributed by atoms with E-state index >= 15 is 0 Å². The van der Waals surface area contributed by atoms with Crippen LogP contribution in [0, 0.1) is 5.41 Å². The minimum Gasteiger partial charge on any atom is -0.488 e. The topological polar surface area (TPSA) is 134 Å². The molecule has 3 aliphatic carbocycles. The molecule has 0 aromatic carbocycles. The van der Waals surface area contributed by atoms with Crippen LogP contribution in [0.4, 0.5) is 0 Å². The number of amides is 1. The maximum atomic E-state index is 12.8. The molecule has 1 amide bonds. The third kappa shape index (κ3) is 5.60. The lowest BCUT2D eigenvalue weighted by Crippen LogP contribution is -2.38. The molecular weight excluding hydrogens is 460 g/mol. The molecule has 0 bridgehead atoms. The highest BCUT2D eigenvalue weighted by molar-refractivity contribution is 5.94. The summed E-state index contributed by atoms with van der Waals surface area (Å²) >= 11 is 0. The first-order chi connectivity index (χ1) is 17.6. The number of carbonyl (C=O) groups is 1. The van der Waals surface area contributed by atoms with Crippen molar-refractivity contribution in [2.24, 2.45) is 11.1 Å². The van der Waals surface area contributed by atoms with Crippen molar-refractivity contribution in [3.63, 3.8) is 0 Å². The molecule has 0 radical (unpaired) electrons. The lowest BCUT2D eigenvalue weighted by atomic mass is 10.1. The Morgan fingerprint density at radius 1 is 1.11 bits per heavy atom. The van der Waals surface area contributed by atoms with Crippen LogP contribution in [0.25, 0.3) is 5.70 Å². The number of rotatable bonds is 10. The number of hydrogen-bond donors (Lipinski definition) is 3. The van der Waals surface area contributed by atoms with Gasteiger partial charge in [0.2, 0.25) is 0 Å². The molecule has 1 aliphatic heterocycles. The zero-order valence-corrected chi connectivity index (χ0v) is 20.2. The van der Waals surface area contributed by atoms with Gasteiger partial charge in [-0.25, -0.2) is 4.98 Å². The van der Waals surface area contributed by atoms with Gasteiger partial charge in [-0.3, -0.25) is 14.8 Å². The summed E-state index contributed by atoms with van der Waals surface area (Å²) in [7, 11) is 0. The fourth-order valence-corrected chi connectivity index (χ4v) is 4.11. The van der Waals surface area contributed by atoms with Crippen molar-refractivity contribution < 1.29 is 19.0 Å². The van der Waals surface area contributed by atoms with E-state index < -0.39 is 0 Å². The number of nitrogens with two attached hydrogens (primary N) is 1. The van der Waals surface area contributed by atoms with E-state index in [1.54, 1.807) is 24.7 Å². The zero-order chi connectivity index (χ0) is 24.5. The van der Waals surface area contributed by atoms with Crippen molar-refractivity contribution in [3.05, 3.63) is 53.5 Å². The second-order valence-corrected chi connectivity index (χ2v) is 10.3. The number of ether oxygens (including phenoxy) is 3. The Morgan fingerprint density at radius 2 is 1.92 bits per heavy atom. The first-order valence-electron chi connectivity index (χ1n) is 12.8. The molecule has 2 aromatic heterocycles. The lowest BCUT2D eigenvalue weighted by Gasteiger charge is -2.29. The van der Waals surface area contributed by atoms with Gasteiger partial charge in [0.15, 0.2) is 6.29 Å². The largest absolute Gasteiger partial charge is 0.488 e. The number of nitrogens with zero attached hydrogens (tertiary/aromatic N) is 3. The highest BCUT2D eigenvalue weighted by atomic mass is 16.7. The molecule has 4 fully saturated rings. The van der Waals surface area contributed by atoms with Crippen LogP contribution in [0.3, 0.4) is 0 Å². The Balaban J connectivity index is 1.07. The van der Waals surface area contributed by atoms with Gasteiger partial charge >= 0.3 is 0 Å². The van der Waals surface area contributed by atoms with Gasteiger partial charge in [-0.05, 0) is 44.6 Å². The molecule has 36 heavy (non-hydrogen) atoms. The van der Waals surface area contributed by atoms with Crippen molar-refractivity contribution in [1.82, 2.24) is 25.6 Å². The van der Waals surface area contributed by atoms with Crippen LogP contribution in [0.2, 0.25) is 0 Å². The molecular formula is C26H32N6O4. The average Bonchev–Trinajstić information content (AvgIpc) is 3.75. The number of carbonyl (C=O) groups excluding carboxylic acids is 1. The summed E-state index contributed by atoms with van der Waals surface area (Å²) in [5, 5.41) is 6.05. The summed E-state index contributed by atoms with van der Waals surface area (Å²) in [5.41, 5.74) is 9.63. The van der Waals surface area contributed by atoms with Crippen LogP contribution >= 0.6 is 0 Å². The molecule has 6 rings (SSSR count). The number of aromatic nitrogens is 3. The molecule has 0 unspecified atom stereocenters. The Bertz CT molecular complexity index is 1130. The van der Waals surface area contributed by atoms with Crippen molar-refractivity contribution in [2.45, 2.75) is 63.4 Å². The Kier molecular flexibility index (Phi) is 6.22. The molecule has 3 saturated carbocycles. The molecule has 2 aromatic rings. The maximum absolute atomic E-state index is 12.8. The van der Waals surface area contributed by atoms with Crippen LogP contribution in [-0.4, -0.2) is 53.0 Å². The standard InChI is InChI=1S/C26H32N6O4/c27-20(11-28-13-23-34-14-26(5-6-26)15-35-23)24-22(36-19-3-4-19)7-17(8-31-24)25(33)32-10-18-9-30-21(12-29-18)16-1-2-16/h7-9,11-12,16,19,23,28H,1-6,10,13-15,27H2,(H,32,33)/b20-11-. The van der Waals surface area contributed by atoms with Crippen LogP contribution in [0.5, 0.6) is 5.75 Å². The number of pyridine rings is 1. The monoisotopic (exact) mass is 492 g/mol. The van der Waals surface area contributed by atoms with Gasteiger partial charge in [0.05, 0.1) is 61.3 Å². The summed E-state index contributed by atoms with van der Waals surface area (Å²) in [6, 6.07) is 1.70. The summed E-state index contributed by atoms with van der Waals surface area (Å²) in [6.07, 6.45) is 13.2. The van der Waals surface area contributed by atoms with E-state index in [-0.39, 0.29) is 30.3 Å². The van der Waals surface area contributed by atoms with Crippen molar-refractivity contribution in [2.75, 3.05) is 19.8 Å². The Hall–Kier alpha value is -3.24. The highest BCUT2D eigenvalue weighted by Crippen LogP contribution is 2.48. The second kappa shape index (κ2) is 9.67. The molecule has 190 valence electrons. The van der Waals surface area contributed by atoms with Crippen LogP contribution in [-0.2, 0) is 16.0 Å². The predicted molar refractivity (Wildman–Crippen MR) is 131 cm³/mol.